The highest BCUT2D eigenvalue weighted by Crippen LogP contribution is 2.34. The van der Waals surface area contributed by atoms with E-state index in [1.807, 2.05) is 12.1 Å². The topological polar surface area (TPSA) is 55.1 Å². The first-order valence-electron chi connectivity index (χ1n) is 6.72. The molecule has 5 heteroatoms. The van der Waals surface area contributed by atoms with Crippen molar-refractivity contribution in [2.75, 3.05) is 11.1 Å². The van der Waals surface area contributed by atoms with Gasteiger partial charge in [-0.25, -0.2) is 0 Å². The van der Waals surface area contributed by atoms with Crippen LogP contribution in [0.4, 0.5) is 11.4 Å². The highest BCUT2D eigenvalue weighted by atomic mass is 79.9. The molecule has 0 unspecified atom stereocenters. The van der Waals surface area contributed by atoms with Crippen molar-refractivity contribution in [2.45, 2.75) is 19.3 Å². The second-order valence-electron chi connectivity index (χ2n) is 5.15. The molecule has 0 radical (unpaired) electrons. The predicted molar refractivity (Wildman–Crippen MR) is 92.7 cm³/mol. The van der Waals surface area contributed by atoms with E-state index in [1.165, 1.54) is 17.5 Å². The van der Waals surface area contributed by atoms with Gasteiger partial charge in [-0.2, -0.15) is 0 Å². The molecule has 108 valence electrons. The number of amides is 1. The highest BCUT2D eigenvalue weighted by molar-refractivity contribution is 9.11. The number of fused-ring (bicyclic) bond motifs is 1. The van der Waals surface area contributed by atoms with E-state index < -0.39 is 0 Å². The van der Waals surface area contributed by atoms with E-state index in [2.05, 4.69) is 43.2 Å². The Labute approximate surface area is 140 Å². The summed E-state index contributed by atoms with van der Waals surface area (Å²) >= 11 is 6.85. The van der Waals surface area contributed by atoms with E-state index in [0.29, 0.717) is 16.9 Å². The molecule has 1 amide bonds. The second-order valence-corrected chi connectivity index (χ2v) is 6.86. The highest BCUT2D eigenvalue weighted by Gasteiger charge is 2.16. The number of hydrogen-bond acceptors (Lipinski definition) is 2. The number of anilines is 2. The fourth-order valence-electron chi connectivity index (χ4n) is 2.61. The van der Waals surface area contributed by atoms with Crippen molar-refractivity contribution in [1.29, 1.82) is 0 Å². The Morgan fingerprint density at radius 3 is 2.43 bits per heavy atom. The van der Waals surface area contributed by atoms with Crippen molar-refractivity contribution in [1.82, 2.24) is 0 Å². The average molecular weight is 410 g/mol. The zero-order valence-corrected chi connectivity index (χ0v) is 14.4. The van der Waals surface area contributed by atoms with Crippen LogP contribution in [0.3, 0.4) is 0 Å². The third-order valence-corrected chi connectivity index (χ3v) is 4.91. The molecular weight excluding hydrogens is 396 g/mol. The van der Waals surface area contributed by atoms with E-state index >= 15 is 0 Å². The van der Waals surface area contributed by atoms with Crippen molar-refractivity contribution in [3.05, 3.63) is 56.0 Å². The van der Waals surface area contributed by atoms with Crippen LogP contribution in [0.15, 0.2) is 39.3 Å². The molecule has 0 saturated carbocycles. The Bertz CT molecular complexity index is 705. The number of nitrogens with one attached hydrogen (secondary N) is 1. The molecule has 0 spiro atoms. The maximum Gasteiger partial charge on any atom is 0.255 e. The number of rotatable bonds is 2. The first-order chi connectivity index (χ1) is 10.0. The summed E-state index contributed by atoms with van der Waals surface area (Å²) in [6, 6.07) is 9.48. The van der Waals surface area contributed by atoms with Gasteiger partial charge in [0, 0.05) is 20.2 Å². The van der Waals surface area contributed by atoms with Crippen LogP contribution in [-0.4, -0.2) is 5.91 Å². The molecule has 0 heterocycles. The molecule has 0 aromatic heterocycles. The Hall–Kier alpha value is -1.33. The Balaban J connectivity index is 1.87. The number of nitrogens with two attached hydrogens (primary N) is 1. The van der Waals surface area contributed by atoms with Crippen molar-refractivity contribution in [2.24, 2.45) is 0 Å². The van der Waals surface area contributed by atoms with Gasteiger partial charge in [0.05, 0.1) is 5.69 Å². The summed E-state index contributed by atoms with van der Waals surface area (Å²) in [5.74, 6) is -0.115. The van der Waals surface area contributed by atoms with Crippen LogP contribution in [0.25, 0.3) is 0 Å². The van der Waals surface area contributed by atoms with Gasteiger partial charge in [-0.1, -0.05) is 6.07 Å². The van der Waals surface area contributed by atoms with Crippen LogP contribution >= 0.6 is 31.9 Å². The van der Waals surface area contributed by atoms with Gasteiger partial charge < -0.3 is 11.1 Å². The van der Waals surface area contributed by atoms with Crippen molar-refractivity contribution in [3.63, 3.8) is 0 Å². The minimum absolute atomic E-state index is 0.115. The third kappa shape index (κ3) is 2.99. The lowest BCUT2D eigenvalue weighted by Gasteiger charge is -2.11. The Morgan fingerprint density at radius 1 is 1.05 bits per heavy atom. The molecule has 21 heavy (non-hydrogen) atoms. The summed E-state index contributed by atoms with van der Waals surface area (Å²) in [5, 5.41) is 2.92. The smallest absolute Gasteiger partial charge is 0.255 e. The first kappa shape index (κ1) is 14.6. The zero-order chi connectivity index (χ0) is 15.0. The largest absolute Gasteiger partial charge is 0.399 e. The lowest BCUT2D eigenvalue weighted by Crippen LogP contribution is -2.13. The normalized spacial score (nSPS) is 13.0. The summed E-state index contributed by atoms with van der Waals surface area (Å²) in [7, 11) is 0. The molecule has 0 bridgehead atoms. The van der Waals surface area contributed by atoms with Crippen LogP contribution in [0.2, 0.25) is 0 Å². The number of carbonyl (C=O) groups is 1. The third-order valence-electron chi connectivity index (χ3n) is 3.66. The molecule has 3 rings (SSSR count). The SMILES string of the molecule is Nc1cc(Br)c(NC(=O)c2ccc3c(c2)CCC3)c(Br)c1. The number of carbonyl (C=O) groups excluding carboxylic acids is 1. The summed E-state index contributed by atoms with van der Waals surface area (Å²) in [6.07, 6.45) is 3.35. The summed E-state index contributed by atoms with van der Waals surface area (Å²) in [6.45, 7) is 0. The number of halogens is 2. The van der Waals surface area contributed by atoms with Gasteiger partial charge in [-0.15, -0.1) is 0 Å². The van der Waals surface area contributed by atoms with Gasteiger partial charge in [0.1, 0.15) is 0 Å². The molecule has 0 saturated heterocycles. The number of benzene rings is 2. The molecule has 3 N–H and O–H groups in total. The number of aryl methyl sites for hydroxylation is 2. The molecule has 1 aliphatic rings. The van der Waals surface area contributed by atoms with Gasteiger partial charge in [-0.3, -0.25) is 4.79 Å². The van der Waals surface area contributed by atoms with Crippen LogP contribution in [0.5, 0.6) is 0 Å². The van der Waals surface area contributed by atoms with E-state index in [-0.39, 0.29) is 5.91 Å². The molecular formula is C16H14Br2N2O. The van der Waals surface area contributed by atoms with Crippen LogP contribution in [0.1, 0.15) is 27.9 Å². The predicted octanol–water partition coefficient (Wildman–Crippen LogP) is 4.53. The maximum absolute atomic E-state index is 12.4. The van der Waals surface area contributed by atoms with Gasteiger partial charge in [-0.05, 0) is 86.5 Å². The quantitative estimate of drug-likeness (QED) is 0.715. The first-order valence-corrected chi connectivity index (χ1v) is 8.31. The lowest BCUT2D eigenvalue weighted by atomic mass is 10.1. The molecule has 0 atom stereocenters. The van der Waals surface area contributed by atoms with Crippen LogP contribution < -0.4 is 11.1 Å². The van der Waals surface area contributed by atoms with Crippen molar-refractivity contribution < 1.29 is 4.79 Å². The van der Waals surface area contributed by atoms with Gasteiger partial charge in [0.25, 0.3) is 5.91 Å². The van der Waals surface area contributed by atoms with E-state index in [9.17, 15) is 4.79 Å². The minimum Gasteiger partial charge on any atom is -0.399 e. The Morgan fingerprint density at radius 2 is 1.71 bits per heavy atom. The van der Waals surface area contributed by atoms with Gasteiger partial charge in [0.15, 0.2) is 0 Å². The number of nitrogen functional groups attached to an aromatic ring is 1. The van der Waals surface area contributed by atoms with Crippen molar-refractivity contribution in [3.8, 4) is 0 Å². The number of hydrogen-bond donors (Lipinski definition) is 2. The maximum atomic E-state index is 12.4. The van der Waals surface area contributed by atoms with Gasteiger partial charge >= 0.3 is 0 Å². The average Bonchev–Trinajstić information content (AvgIpc) is 2.89. The van der Waals surface area contributed by atoms with Crippen molar-refractivity contribution >= 4 is 49.1 Å². The van der Waals surface area contributed by atoms with E-state index in [1.54, 1.807) is 12.1 Å². The van der Waals surface area contributed by atoms with Crippen LogP contribution in [-0.2, 0) is 12.8 Å². The fourth-order valence-corrected chi connectivity index (χ4v) is 4.03. The second kappa shape index (κ2) is 5.81. The Kier molecular flexibility index (Phi) is 4.04. The van der Waals surface area contributed by atoms with E-state index in [4.69, 9.17) is 5.73 Å². The molecule has 3 nitrogen and oxygen atoms in total. The summed E-state index contributed by atoms with van der Waals surface area (Å²) in [4.78, 5) is 12.4. The van der Waals surface area contributed by atoms with E-state index in [0.717, 1.165) is 21.8 Å². The summed E-state index contributed by atoms with van der Waals surface area (Å²) in [5.41, 5.74) is 10.4. The lowest BCUT2D eigenvalue weighted by molar-refractivity contribution is 0.102. The monoisotopic (exact) mass is 408 g/mol. The zero-order valence-electron chi connectivity index (χ0n) is 11.2. The van der Waals surface area contributed by atoms with Gasteiger partial charge in [0.2, 0.25) is 0 Å². The summed E-state index contributed by atoms with van der Waals surface area (Å²) < 4.78 is 1.51. The fraction of sp³-hybridized carbons (Fsp3) is 0.188. The molecule has 0 fully saturated rings. The standard InChI is InChI=1S/C16H14Br2N2O/c17-13-7-12(19)8-14(18)15(13)20-16(21)11-5-4-9-2-1-3-10(9)6-11/h4-8H,1-3,19H2,(H,20,21). The molecule has 2 aromatic carbocycles. The molecule has 1 aliphatic carbocycles. The molecule has 0 aliphatic heterocycles. The minimum atomic E-state index is -0.115. The van der Waals surface area contributed by atoms with Crippen LogP contribution in [0, 0.1) is 0 Å². The molecule has 2 aromatic rings.